The molecule has 1 N–H and O–H groups in total. The van der Waals surface area contributed by atoms with Gasteiger partial charge in [0.05, 0.1) is 6.04 Å². The van der Waals surface area contributed by atoms with Crippen LogP contribution in [0.4, 0.5) is 0 Å². The molecule has 116 valence electrons. The van der Waals surface area contributed by atoms with Crippen molar-refractivity contribution in [1.29, 1.82) is 0 Å². The minimum Gasteiger partial charge on any atom is -0.374 e. The number of benzene rings is 1. The number of piperidine rings is 1. The zero-order valence-corrected chi connectivity index (χ0v) is 12.9. The van der Waals surface area contributed by atoms with Gasteiger partial charge in [0.2, 0.25) is 0 Å². The van der Waals surface area contributed by atoms with E-state index < -0.39 is 0 Å². The molecule has 4 nitrogen and oxygen atoms in total. The third kappa shape index (κ3) is 2.58. The highest BCUT2D eigenvalue weighted by Crippen LogP contribution is 2.33. The minimum atomic E-state index is 0.313. The van der Waals surface area contributed by atoms with Crippen LogP contribution in [0.2, 0.25) is 0 Å². The van der Waals surface area contributed by atoms with Crippen molar-refractivity contribution in [3.63, 3.8) is 0 Å². The molecule has 0 amide bonds. The largest absolute Gasteiger partial charge is 0.374 e. The van der Waals surface area contributed by atoms with Crippen molar-refractivity contribution in [2.45, 2.75) is 43.9 Å². The predicted octanol–water partition coefficient (Wildman–Crippen LogP) is 1.41. The fraction of sp³-hybridized carbons (Fsp3) is 0.556. The van der Waals surface area contributed by atoms with Crippen LogP contribution in [-0.2, 0) is 11.3 Å². The SMILES string of the molecule is O=C=C1N[C@@H]2C[C@H]1N(C1CCN(Cc3ccccc3)CC1)C2. The molecule has 0 spiro atoms. The first-order valence-corrected chi connectivity index (χ1v) is 8.37. The number of carbonyl (C=O) groups excluding carboxylic acids is 1. The van der Waals surface area contributed by atoms with Crippen molar-refractivity contribution in [2.24, 2.45) is 0 Å². The average Bonchev–Trinajstić information content (AvgIpc) is 3.17. The van der Waals surface area contributed by atoms with E-state index >= 15 is 0 Å². The van der Waals surface area contributed by atoms with Gasteiger partial charge in [-0.2, -0.15) is 0 Å². The number of rotatable bonds is 3. The number of piperazine rings is 1. The average molecular weight is 297 g/mol. The van der Waals surface area contributed by atoms with Crippen LogP contribution < -0.4 is 5.32 Å². The van der Waals surface area contributed by atoms with Crippen LogP contribution in [0.5, 0.6) is 0 Å². The Bertz CT molecular complexity index is 573. The summed E-state index contributed by atoms with van der Waals surface area (Å²) in [6.07, 6.45) is 3.51. The van der Waals surface area contributed by atoms with Crippen LogP contribution in [0.1, 0.15) is 24.8 Å². The molecule has 0 aliphatic carbocycles. The van der Waals surface area contributed by atoms with Gasteiger partial charge < -0.3 is 5.32 Å². The summed E-state index contributed by atoms with van der Waals surface area (Å²) in [5.74, 6) is 2.11. The maximum atomic E-state index is 11.0. The smallest absolute Gasteiger partial charge is 0.147 e. The number of nitrogens with one attached hydrogen (secondary N) is 1. The Labute approximate surface area is 131 Å². The van der Waals surface area contributed by atoms with Crippen molar-refractivity contribution < 1.29 is 4.79 Å². The van der Waals surface area contributed by atoms with Gasteiger partial charge in [-0.3, -0.25) is 9.80 Å². The fourth-order valence-electron chi connectivity index (χ4n) is 4.32. The van der Waals surface area contributed by atoms with Gasteiger partial charge >= 0.3 is 0 Å². The van der Waals surface area contributed by atoms with E-state index in [0.717, 1.165) is 38.3 Å². The zero-order chi connectivity index (χ0) is 14.9. The van der Waals surface area contributed by atoms with Gasteiger partial charge in [-0.1, -0.05) is 30.3 Å². The zero-order valence-electron chi connectivity index (χ0n) is 12.9. The molecular weight excluding hydrogens is 274 g/mol. The van der Waals surface area contributed by atoms with Crippen LogP contribution in [0.15, 0.2) is 36.0 Å². The quantitative estimate of drug-likeness (QED) is 0.856. The molecule has 22 heavy (non-hydrogen) atoms. The molecule has 0 saturated carbocycles. The molecule has 0 unspecified atom stereocenters. The first kappa shape index (κ1) is 14.0. The van der Waals surface area contributed by atoms with Crippen molar-refractivity contribution in [3.05, 3.63) is 41.6 Å². The molecule has 1 aromatic rings. The number of hydrogen-bond donors (Lipinski definition) is 1. The van der Waals surface area contributed by atoms with Gasteiger partial charge in [0, 0.05) is 25.2 Å². The van der Waals surface area contributed by atoms with E-state index in [1.54, 1.807) is 0 Å². The number of nitrogens with zero attached hydrogens (tertiary/aromatic N) is 2. The first-order valence-electron chi connectivity index (χ1n) is 8.37. The van der Waals surface area contributed by atoms with Crippen molar-refractivity contribution in [2.75, 3.05) is 19.6 Å². The third-order valence-electron chi connectivity index (χ3n) is 5.42. The summed E-state index contributed by atoms with van der Waals surface area (Å²) in [7, 11) is 0. The maximum absolute atomic E-state index is 11.0. The summed E-state index contributed by atoms with van der Waals surface area (Å²) in [6, 6.07) is 12.1. The van der Waals surface area contributed by atoms with Crippen LogP contribution in [0.25, 0.3) is 0 Å². The first-order chi connectivity index (χ1) is 10.8. The van der Waals surface area contributed by atoms with Crippen molar-refractivity contribution in [3.8, 4) is 0 Å². The van der Waals surface area contributed by atoms with Gasteiger partial charge in [-0.15, -0.1) is 0 Å². The predicted molar refractivity (Wildman–Crippen MR) is 86.0 cm³/mol. The second-order valence-electron chi connectivity index (χ2n) is 6.80. The van der Waals surface area contributed by atoms with E-state index in [-0.39, 0.29) is 0 Å². The standard InChI is InChI=1S/C18H23N3O/c22-13-17-18-10-15(19-17)12-21(18)16-6-8-20(9-7-16)11-14-4-2-1-3-5-14/h1-5,15-16,18-19H,6-12H2/t15-,18-/m1/s1. The van der Waals surface area contributed by atoms with E-state index in [1.165, 1.54) is 18.4 Å². The minimum absolute atomic E-state index is 0.313. The van der Waals surface area contributed by atoms with E-state index in [1.807, 2.05) is 0 Å². The van der Waals surface area contributed by atoms with Gasteiger partial charge in [0.15, 0.2) is 0 Å². The van der Waals surface area contributed by atoms with E-state index in [2.05, 4.69) is 51.4 Å². The Hall–Kier alpha value is -1.61. The molecule has 4 rings (SSSR count). The molecule has 4 heteroatoms. The molecule has 2 bridgehead atoms. The second-order valence-corrected chi connectivity index (χ2v) is 6.80. The summed E-state index contributed by atoms with van der Waals surface area (Å²) < 4.78 is 0. The lowest BCUT2D eigenvalue weighted by Gasteiger charge is -2.40. The van der Waals surface area contributed by atoms with Gasteiger partial charge in [-0.25, -0.2) is 4.79 Å². The number of likely N-dealkylation sites (tertiary alicyclic amines) is 2. The molecule has 0 aromatic heterocycles. The Morgan fingerprint density at radius 2 is 1.95 bits per heavy atom. The molecule has 0 radical (unpaired) electrons. The second kappa shape index (κ2) is 5.88. The highest BCUT2D eigenvalue weighted by molar-refractivity contribution is 5.56. The monoisotopic (exact) mass is 297 g/mol. The lowest BCUT2D eigenvalue weighted by molar-refractivity contribution is 0.0963. The van der Waals surface area contributed by atoms with Gasteiger partial charge in [-0.05, 0) is 37.9 Å². The summed E-state index contributed by atoms with van der Waals surface area (Å²) >= 11 is 0. The van der Waals surface area contributed by atoms with Crippen molar-refractivity contribution in [1.82, 2.24) is 15.1 Å². The van der Waals surface area contributed by atoms with E-state index in [4.69, 9.17) is 0 Å². The summed E-state index contributed by atoms with van der Waals surface area (Å²) in [6.45, 7) is 4.46. The Balaban J connectivity index is 1.34. The molecule has 1 aromatic carbocycles. The highest BCUT2D eigenvalue weighted by atomic mass is 16.1. The molecule has 2 atom stereocenters. The summed E-state index contributed by atoms with van der Waals surface area (Å²) in [5, 5.41) is 3.29. The van der Waals surface area contributed by atoms with Crippen LogP contribution >= 0.6 is 0 Å². The lowest BCUT2D eigenvalue weighted by Crippen LogP contribution is -2.51. The van der Waals surface area contributed by atoms with E-state index in [9.17, 15) is 4.79 Å². The van der Waals surface area contributed by atoms with Crippen LogP contribution in [-0.4, -0.2) is 53.5 Å². The summed E-state index contributed by atoms with van der Waals surface area (Å²) in [4.78, 5) is 16.1. The third-order valence-corrected chi connectivity index (χ3v) is 5.42. The fourth-order valence-corrected chi connectivity index (χ4v) is 4.32. The normalized spacial score (nSPS) is 29.5. The lowest BCUT2D eigenvalue weighted by atomic mass is 10.0. The van der Waals surface area contributed by atoms with Crippen LogP contribution in [0, 0.1) is 0 Å². The molecular formula is C18H23N3O. The van der Waals surface area contributed by atoms with Crippen molar-refractivity contribution >= 4 is 5.94 Å². The highest BCUT2D eigenvalue weighted by Gasteiger charge is 2.45. The van der Waals surface area contributed by atoms with Crippen LogP contribution in [0.3, 0.4) is 0 Å². The maximum Gasteiger partial charge on any atom is 0.147 e. The topological polar surface area (TPSA) is 35.6 Å². The summed E-state index contributed by atoms with van der Waals surface area (Å²) in [5.41, 5.74) is 2.19. The Morgan fingerprint density at radius 3 is 2.64 bits per heavy atom. The number of fused-ring (bicyclic) bond motifs is 2. The molecule has 3 saturated heterocycles. The molecule has 3 aliphatic rings. The van der Waals surface area contributed by atoms with Gasteiger partial charge in [0.25, 0.3) is 0 Å². The Morgan fingerprint density at radius 1 is 1.18 bits per heavy atom. The van der Waals surface area contributed by atoms with E-state index in [0.29, 0.717) is 18.1 Å². The molecule has 3 aliphatic heterocycles. The molecule has 3 fully saturated rings. The molecule has 3 heterocycles. The Kier molecular flexibility index (Phi) is 3.75. The van der Waals surface area contributed by atoms with Gasteiger partial charge in [0.1, 0.15) is 11.6 Å². The number of hydrogen-bond acceptors (Lipinski definition) is 4.